The summed E-state index contributed by atoms with van der Waals surface area (Å²) in [5.74, 6) is 0. The summed E-state index contributed by atoms with van der Waals surface area (Å²) in [7, 11) is 2.14. The molecule has 1 N–H and O–H groups in total. The van der Waals surface area contributed by atoms with E-state index >= 15 is 0 Å². The molecule has 1 aromatic rings. The summed E-state index contributed by atoms with van der Waals surface area (Å²) in [6, 6.07) is 6.38. The van der Waals surface area contributed by atoms with Gasteiger partial charge in [-0.25, -0.2) is 0 Å². The average Bonchev–Trinajstić information content (AvgIpc) is 2.96. The minimum absolute atomic E-state index is 0.840. The summed E-state index contributed by atoms with van der Waals surface area (Å²) in [6.07, 6.45) is 2.71. The molecular weight excluding hydrogens is 270 g/mol. The lowest BCUT2D eigenvalue weighted by atomic mass is 10.2. The predicted molar refractivity (Wildman–Crippen MR) is 87.8 cm³/mol. The van der Waals surface area contributed by atoms with Gasteiger partial charge in [-0.3, -0.25) is 0 Å². The van der Waals surface area contributed by atoms with Crippen molar-refractivity contribution in [1.29, 1.82) is 0 Å². The van der Waals surface area contributed by atoms with Crippen LogP contribution in [0.2, 0.25) is 5.02 Å². The Labute approximate surface area is 127 Å². The Morgan fingerprint density at radius 2 is 2.05 bits per heavy atom. The van der Waals surface area contributed by atoms with E-state index in [0.29, 0.717) is 0 Å². The summed E-state index contributed by atoms with van der Waals surface area (Å²) in [5.41, 5.74) is 2.37. The standard InChI is InChI=1S/C16H26ClN3/c1-3-18-13-14-6-7-15(12-16(14)17)19(2)10-11-20-8-4-5-9-20/h6-7,12,18H,3-5,8-11,13H2,1-2H3. The minimum atomic E-state index is 0.840. The molecule has 0 spiro atoms. The van der Waals surface area contributed by atoms with Crippen LogP contribution >= 0.6 is 11.6 Å². The molecule has 1 saturated heterocycles. The van der Waals surface area contributed by atoms with Gasteiger partial charge in [-0.15, -0.1) is 0 Å². The molecule has 2 rings (SSSR count). The maximum Gasteiger partial charge on any atom is 0.0471 e. The lowest BCUT2D eigenvalue weighted by Gasteiger charge is -2.23. The number of hydrogen-bond acceptors (Lipinski definition) is 3. The fraction of sp³-hybridized carbons (Fsp3) is 0.625. The van der Waals surface area contributed by atoms with Gasteiger partial charge in [0.25, 0.3) is 0 Å². The van der Waals surface area contributed by atoms with Crippen molar-refractivity contribution >= 4 is 17.3 Å². The van der Waals surface area contributed by atoms with Crippen molar-refractivity contribution < 1.29 is 0 Å². The number of likely N-dealkylation sites (N-methyl/N-ethyl adjacent to an activating group) is 1. The average molecular weight is 296 g/mol. The van der Waals surface area contributed by atoms with E-state index in [1.807, 2.05) is 0 Å². The zero-order valence-electron chi connectivity index (χ0n) is 12.7. The predicted octanol–water partition coefficient (Wildman–Crippen LogP) is 2.98. The second kappa shape index (κ2) is 7.87. The molecular formula is C16H26ClN3. The molecule has 112 valence electrons. The summed E-state index contributed by atoms with van der Waals surface area (Å²) in [5, 5.41) is 4.17. The third-order valence-corrected chi connectivity index (χ3v) is 4.35. The Kier molecular flexibility index (Phi) is 6.14. The first-order valence-electron chi connectivity index (χ1n) is 7.63. The highest BCUT2D eigenvalue weighted by Gasteiger charge is 2.12. The number of rotatable bonds is 7. The van der Waals surface area contributed by atoms with Crippen LogP contribution in [-0.2, 0) is 6.54 Å². The molecule has 0 atom stereocenters. The lowest BCUT2D eigenvalue weighted by Crippen LogP contribution is -2.31. The van der Waals surface area contributed by atoms with Gasteiger partial charge in [-0.1, -0.05) is 24.6 Å². The molecule has 0 radical (unpaired) electrons. The van der Waals surface area contributed by atoms with Crippen LogP contribution in [0.4, 0.5) is 5.69 Å². The van der Waals surface area contributed by atoms with E-state index in [1.54, 1.807) is 0 Å². The molecule has 1 aliphatic rings. The third-order valence-electron chi connectivity index (χ3n) is 3.99. The highest BCUT2D eigenvalue weighted by molar-refractivity contribution is 6.31. The molecule has 20 heavy (non-hydrogen) atoms. The molecule has 0 unspecified atom stereocenters. The van der Waals surface area contributed by atoms with Crippen molar-refractivity contribution in [3.8, 4) is 0 Å². The largest absolute Gasteiger partial charge is 0.373 e. The fourth-order valence-electron chi connectivity index (χ4n) is 2.60. The fourth-order valence-corrected chi connectivity index (χ4v) is 2.85. The molecule has 1 heterocycles. The molecule has 1 aliphatic heterocycles. The number of benzene rings is 1. The molecule has 0 aliphatic carbocycles. The van der Waals surface area contributed by atoms with Crippen molar-refractivity contribution in [1.82, 2.24) is 10.2 Å². The molecule has 1 aromatic carbocycles. The van der Waals surface area contributed by atoms with Crippen molar-refractivity contribution in [2.24, 2.45) is 0 Å². The molecule has 4 heteroatoms. The number of nitrogens with one attached hydrogen (secondary N) is 1. The molecule has 1 fully saturated rings. The van der Waals surface area contributed by atoms with Gasteiger partial charge < -0.3 is 15.1 Å². The topological polar surface area (TPSA) is 18.5 Å². The first-order valence-corrected chi connectivity index (χ1v) is 8.01. The van der Waals surface area contributed by atoms with Gasteiger partial charge in [-0.05, 0) is 50.2 Å². The van der Waals surface area contributed by atoms with Gasteiger partial charge in [0.1, 0.15) is 0 Å². The summed E-state index contributed by atoms with van der Waals surface area (Å²) in [6.45, 7) is 8.64. The Hall–Kier alpha value is -0.770. The number of halogens is 1. The molecule has 0 bridgehead atoms. The van der Waals surface area contributed by atoms with Gasteiger partial charge in [0, 0.05) is 37.4 Å². The monoisotopic (exact) mass is 295 g/mol. The zero-order valence-corrected chi connectivity index (χ0v) is 13.4. The van der Waals surface area contributed by atoms with Crippen LogP contribution in [-0.4, -0.2) is 44.7 Å². The van der Waals surface area contributed by atoms with E-state index in [2.05, 4.69) is 47.3 Å². The Morgan fingerprint density at radius 1 is 1.30 bits per heavy atom. The van der Waals surface area contributed by atoms with E-state index in [-0.39, 0.29) is 0 Å². The van der Waals surface area contributed by atoms with Crippen LogP contribution in [0, 0.1) is 0 Å². The first-order chi connectivity index (χ1) is 9.70. The number of likely N-dealkylation sites (tertiary alicyclic amines) is 1. The molecule has 3 nitrogen and oxygen atoms in total. The van der Waals surface area contributed by atoms with E-state index in [4.69, 9.17) is 11.6 Å². The number of hydrogen-bond donors (Lipinski definition) is 1. The second-order valence-corrected chi connectivity index (χ2v) is 5.93. The van der Waals surface area contributed by atoms with Crippen molar-refractivity contribution in [3.05, 3.63) is 28.8 Å². The van der Waals surface area contributed by atoms with Crippen molar-refractivity contribution in [2.75, 3.05) is 44.7 Å². The van der Waals surface area contributed by atoms with Crippen LogP contribution in [0.25, 0.3) is 0 Å². The van der Waals surface area contributed by atoms with Crippen LogP contribution in [0.5, 0.6) is 0 Å². The third kappa shape index (κ3) is 4.37. The van der Waals surface area contributed by atoms with Crippen molar-refractivity contribution in [3.63, 3.8) is 0 Å². The Morgan fingerprint density at radius 3 is 2.70 bits per heavy atom. The van der Waals surface area contributed by atoms with E-state index in [9.17, 15) is 0 Å². The Bertz CT molecular complexity index is 416. The number of anilines is 1. The van der Waals surface area contributed by atoms with E-state index in [1.165, 1.54) is 37.2 Å². The van der Waals surface area contributed by atoms with Crippen molar-refractivity contribution in [2.45, 2.75) is 26.3 Å². The van der Waals surface area contributed by atoms with Gasteiger partial charge in [0.05, 0.1) is 0 Å². The summed E-state index contributed by atoms with van der Waals surface area (Å²) >= 11 is 6.36. The van der Waals surface area contributed by atoms with Crippen LogP contribution in [0.3, 0.4) is 0 Å². The second-order valence-electron chi connectivity index (χ2n) is 5.53. The van der Waals surface area contributed by atoms with Gasteiger partial charge in [-0.2, -0.15) is 0 Å². The van der Waals surface area contributed by atoms with E-state index < -0.39 is 0 Å². The van der Waals surface area contributed by atoms with E-state index in [0.717, 1.165) is 31.2 Å². The van der Waals surface area contributed by atoms with Gasteiger partial charge >= 0.3 is 0 Å². The normalized spacial score (nSPS) is 15.8. The highest BCUT2D eigenvalue weighted by atomic mass is 35.5. The molecule has 0 saturated carbocycles. The summed E-state index contributed by atoms with van der Waals surface area (Å²) < 4.78 is 0. The van der Waals surface area contributed by atoms with Crippen LogP contribution in [0.1, 0.15) is 25.3 Å². The zero-order chi connectivity index (χ0) is 14.4. The smallest absolute Gasteiger partial charge is 0.0471 e. The molecule has 0 aromatic heterocycles. The van der Waals surface area contributed by atoms with Gasteiger partial charge in [0.15, 0.2) is 0 Å². The first kappa shape index (κ1) is 15.6. The maximum atomic E-state index is 6.36. The van der Waals surface area contributed by atoms with Crippen LogP contribution in [0.15, 0.2) is 18.2 Å². The van der Waals surface area contributed by atoms with Gasteiger partial charge in [0.2, 0.25) is 0 Å². The highest BCUT2D eigenvalue weighted by Crippen LogP contribution is 2.23. The summed E-state index contributed by atoms with van der Waals surface area (Å²) in [4.78, 5) is 4.83. The number of nitrogens with zero attached hydrogens (tertiary/aromatic N) is 2. The lowest BCUT2D eigenvalue weighted by molar-refractivity contribution is 0.346. The molecule has 0 amide bonds. The quantitative estimate of drug-likeness (QED) is 0.834. The Balaban J connectivity index is 1.88. The minimum Gasteiger partial charge on any atom is -0.373 e. The maximum absolute atomic E-state index is 6.36. The SMILES string of the molecule is CCNCc1ccc(N(C)CCN2CCCC2)cc1Cl. The van der Waals surface area contributed by atoms with Crippen LogP contribution < -0.4 is 10.2 Å².